The van der Waals surface area contributed by atoms with Crippen LogP contribution in [0.2, 0.25) is 0 Å². The van der Waals surface area contributed by atoms with Crippen LogP contribution in [0.3, 0.4) is 0 Å². The van der Waals surface area contributed by atoms with Crippen molar-refractivity contribution in [3.63, 3.8) is 0 Å². The van der Waals surface area contributed by atoms with Gasteiger partial charge < -0.3 is 5.11 Å². The van der Waals surface area contributed by atoms with Gasteiger partial charge in [-0.25, -0.2) is 0 Å². The average molecular weight is 250 g/mol. The Morgan fingerprint density at radius 2 is 2.17 bits per heavy atom. The summed E-state index contributed by atoms with van der Waals surface area (Å²) in [5.41, 5.74) is 1.12. The zero-order valence-corrected chi connectivity index (χ0v) is 11.7. The molecule has 1 fully saturated rings. The second-order valence-corrected chi connectivity index (χ2v) is 5.69. The van der Waals surface area contributed by atoms with Gasteiger partial charge in [-0.05, 0) is 51.0 Å². The Morgan fingerprint density at radius 1 is 1.44 bits per heavy atom. The van der Waals surface area contributed by atoms with Gasteiger partial charge in [0.25, 0.3) is 0 Å². The van der Waals surface area contributed by atoms with Gasteiger partial charge in [-0.2, -0.15) is 5.10 Å². The maximum atomic E-state index is 10.1. The molecule has 1 heterocycles. The van der Waals surface area contributed by atoms with E-state index in [2.05, 4.69) is 31.2 Å². The molecule has 18 heavy (non-hydrogen) atoms. The second kappa shape index (κ2) is 6.37. The summed E-state index contributed by atoms with van der Waals surface area (Å²) in [6.07, 6.45) is 9.82. The van der Waals surface area contributed by atoms with Crippen molar-refractivity contribution in [2.24, 2.45) is 5.92 Å². The van der Waals surface area contributed by atoms with Gasteiger partial charge in [0.15, 0.2) is 0 Å². The molecule has 1 aliphatic rings. The van der Waals surface area contributed by atoms with Crippen LogP contribution in [-0.2, 0) is 6.42 Å². The van der Waals surface area contributed by atoms with Crippen LogP contribution >= 0.6 is 0 Å². The summed E-state index contributed by atoms with van der Waals surface area (Å²) in [5.74, 6) is 0.543. The molecule has 3 nitrogen and oxygen atoms in total. The quantitative estimate of drug-likeness (QED) is 0.841. The van der Waals surface area contributed by atoms with Crippen molar-refractivity contribution >= 4 is 0 Å². The molecule has 102 valence electrons. The normalized spacial score (nSPS) is 20.2. The van der Waals surface area contributed by atoms with Crippen LogP contribution in [0.4, 0.5) is 0 Å². The lowest BCUT2D eigenvalue weighted by Gasteiger charge is -2.16. The van der Waals surface area contributed by atoms with E-state index in [-0.39, 0.29) is 6.10 Å². The van der Waals surface area contributed by atoms with E-state index in [0.717, 1.165) is 25.0 Å². The van der Waals surface area contributed by atoms with Crippen molar-refractivity contribution in [1.82, 2.24) is 9.78 Å². The minimum absolute atomic E-state index is 0.124. The van der Waals surface area contributed by atoms with E-state index in [9.17, 15) is 5.11 Å². The standard InChI is InChI=1S/C15H26N2O/c1-3-12(2)17-11-10-14(16-17)8-9-15(18)13-6-4-5-7-13/h10-13,15,18H,3-9H2,1-2H3. The van der Waals surface area contributed by atoms with Crippen molar-refractivity contribution in [2.75, 3.05) is 0 Å². The zero-order valence-electron chi connectivity index (χ0n) is 11.7. The molecule has 1 saturated carbocycles. The average Bonchev–Trinajstić information content (AvgIpc) is 3.05. The molecule has 1 aromatic heterocycles. The van der Waals surface area contributed by atoms with Crippen LogP contribution in [-0.4, -0.2) is 21.0 Å². The number of rotatable bonds is 6. The number of aliphatic hydroxyl groups is 1. The molecule has 0 spiro atoms. The summed E-state index contributed by atoms with van der Waals surface area (Å²) < 4.78 is 2.04. The third kappa shape index (κ3) is 3.35. The van der Waals surface area contributed by atoms with Gasteiger partial charge in [-0.3, -0.25) is 4.68 Å². The Bertz CT molecular complexity index is 355. The molecule has 2 unspecified atom stereocenters. The van der Waals surface area contributed by atoms with Gasteiger partial charge in [0.2, 0.25) is 0 Å². The van der Waals surface area contributed by atoms with Gasteiger partial charge >= 0.3 is 0 Å². The Kier molecular flexibility index (Phi) is 4.81. The SMILES string of the molecule is CCC(C)n1ccc(CCC(O)C2CCCC2)n1. The van der Waals surface area contributed by atoms with E-state index in [1.807, 2.05) is 4.68 Å². The molecule has 1 N–H and O–H groups in total. The number of hydrogen-bond acceptors (Lipinski definition) is 2. The van der Waals surface area contributed by atoms with E-state index < -0.39 is 0 Å². The van der Waals surface area contributed by atoms with Crippen molar-refractivity contribution in [2.45, 2.75) is 70.9 Å². The first-order valence-electron chi connectivity index (χ1n) is 7.42. The van der Waals surface area contributed by atoms with Crippen LogP contribution in [0.25, 0.3) is 0 Å². The predicted molar refractivity (Wildman–Crippen MR) is 73.5 cm³/mol. The lowest BCUT2D eigenvalue weighted by Crippen LogP contribution is -2.18. The highest BCUT2D eigenvalue weighted by Crippen LogP contribution is 2.29. The summed E-state index contributed by atoms with van der Waals surface area (Å²) in [6.45, 7) is 4.36. The number of hydrogen-bond donors (Lipinski definition) is 1. The summed E-state index contributed by atoms with van der Waals surface area (Å²) in [7, 11) is 0. The van der Waals surface area contributed by atoms with Crippen LogP contribution in [0, 0.1) is 5.92 Å². The number of aromatic nitrogens is 2. The van der Waals surface area contributed by atoms with Gasteiger partial charge in [0.05, 0.1) is 11.8 Å². The molecule has 0 aliphatic heterocycles. The molecule has 0 radical (unpaired) electrons. The lowest BCUT2D eigenvalue weighted by molar-refractivity contribution is 0.102. The third-order valence-electron chi connectivity index (χ3n) is 4.35. The molecule has 1 aromatic rings. The van der Waals surface area contributed by atoms with Gasteiger partial charge in [-0.1, -0.05) is 19.8 Å². The smallest absolute Gasteiger partial charge is 0.0625 e. The molecule has 0 amide bonds. The van der Waals surface area contributed by atoms with Gasteiger partial charge in [0, 0.05) is 12.2 Å². The van der Waals surface area contributed by atoms with Crippen LogP contribution < -0.4 is 0 Å². The van der Waals surface area contributed by atoms with Crippen molar-refractivity contribution in [3.05, 3.63) is 18.0 Å². The highest BCUT2D eigenvalue weighted by atomic mass is 16.3. The first-order valence-corrected chi connectivity index (χ1v) is 7.42. The molecule has 2 rings (SSSR count). The Morgan fingerprint density at radius 3 is 2.83 bits per heavy atom. The number of aliphatic hydroxyl groups excluding tert-OH is 1. The third-order valence-corrected chi connectivity index (χ3v) is 4.35. The highest BCUT2D eigenvalue weighted by molar-refractivity contribution is 5.00. The Labute approximate surface area is 110 Å². The highest BCUT2D eigenvalue weighted by Gasteiger charge is 2.22. The topological polar surface area (TPSA) is 38.0 Å². The summed E-state index contributed by atoms with van der Waals surface area (Å²) in [5, 5.41) is 14.7. The summed E-state index contributed by atoms with van der Waals surface area (Å²) >= 11 is 0. The molecule has 0 saturated heterocycles. The number of nitrogens with zero attached hydrogens (tertiary/aromatic N) is 2. The minimum atomic E-state index is -0.124. The number of aryl methyl sites for hydroxylation is 1. The van der Waals surface area contributed by atoms with E-state index in [0.29, 0.717) is 12.0 Å². The van der Waals surface area contributed by atoms with Crippen LogP contribution in [0.5, 0.6) is 0 Å². The van der Waals surface area contributed by atoms with Crippen LogP contribution in [0.1, 0.15) is 64.1 Å². The monoisotopic (exact) mass is 250 g/mol. The minimum Gasteiger partial charge on any atom is -0.393 e. The van der Waals surface area contributed by atoms with Gasteiger partial charge in [0.1, 0.15) is 0 Å². The van der Waals surface area contributed by atoms with Crippen LogP contribution in [0.15, 0.2) is 12.3 Å². The van der Waals surface area contributed by atoms with Crippen molar-refractivity contribution in [1.29, 1.82) is 0 Å². The molecule has 0 bridgehead atoms. The van der Waals surface area contributed by atoms with Crippen molar-refractivity contribution < 1.29 is 5.11 Å². The fourth-order valence-corrected chi connectivity index (χ4v) is 2.82. The largest absolute Gasteiger partial charge is 0.393 e. The van der Waals surface area contributed by atoms with Gasteiger partial charge in [-0.15, -0.1) is 0 Å². The zero-order chi connectivity index (χ0) is 13.0. The fraction of sp³-hybridized carbons (Fsp3) is 0.800. The molecular weight excluding hydrogens is 224 g/mol. The Balaban J connectivity index is 1.80. The maximum absolute atomic E-state index is 10.1. The Hall–Kier alpha value is -0.830. The first-order chi connectivity index (χ1) is 8.70. The molecular formula is C15H26N2O. The fourth-order valence-electron chi connectivity index (χ4n) is 2.82. The maximum Gasteiger partial charge on any atom is 0.0625 e. The van der Waals surface area contributed by atoms with E-state index in [4.69, 9.17) is 0 Å². The first kappa shape index (κ1) is 13.6. The molecule has 3 heteroatoms. The molecule has 1 aliphatic carbocycles. The molecule has 2 atom stereocenters. The summed E-state index contributed by atoms with van der Waals surface area (Å²) in [6, 6.07) is 2.56. The van der Waals surface area contributed by atoms with E-state index in [1.165, 1.54) is 25.7 Å². The van der Waals surface area contributed by atoms with E-state index in [1.54, 1.807) is 0 Å². The molecule has 0 aromatic carbocycles. The lowest BCUT2D eigenvalue weighted by atomic mass is 9.96. The van der Waals surface area contributed by atoms with Crippen molar-refractivity contribution in [3.8, 4) is 0 Å². The summed E-state index contributed by atoms with van der Waals surface area (Å²) in [4.78, 5) is 0. The van der Waals surface area contributed by atoms with E-state index >= 15 is 0 Å². The predicted octanol–water partition coefficient (Wildman–Crippen LogP) is 3.34. The second-order valence-electron chi connectivity index (χ2n) is 5.69.